The van der Waals surface area contributed by atoms with Crippen LogP contribution in [0.4, 0.5) is 0 Å². The Kier molecular flexibility index (Phi) is 14.2. The molecule has 0 radical (unpaired) electrons. The third-order valence-electron chi connectivity index (χ3n) is 5.07. The highest BCUT2D eigenvalue weighted by Gasteiger charge is 2.14. The molecule has 0 atom stereocenters. The molecule has 152 valence electrons. The largest absolute Gasteiger partial charge is 0.469 e. The summed E-state index contributed by atoms with van der Waals surface area (Å²) in [5, 5.41) is 0. The minimum Gasteiger partial charge on any atom is -0.469 e. The summed E-state index contributed by atoms with van der Waals surface area (Å²) in [6.07, 6.45) is 16.0. The Balaban J connectivity index is 1.76. The Morgan fingerprint density at radius 3 is 1.85 bits per heavy atom. The van der Waals surface area contributed by atoms with Crippen molar-refractivity contribution in [3.8, 4) is 0 Å². The maximum atomic E-state index is 11.8. The van der Waals surface area contributed by atoms with E-state index in [1.165, 1.54) is 64.9 Å². The van der Waals surface area contributed by atoms with Crippen LogP contribution in [0, 0.1) is 0 Å². The molecule has 0 bridgehead atoms. The molecule has 26 heavy (non-hydrogen) atoms. The molecule has 0 amide bonds. The van der Waals surface area contributed by atoms with E-state index < -0.39 is 0 Å². The van der Waals surface area contributed by atoms with Crippen LogP contribution in [0.3, 0.4) is 0 Å². The molecule has 1 saturated heterocycles. The summed E-state index contributed by atoms with van der Waals surface area (Å²) in [6.45, 7) is 3.13. The number of esters is 2. The quantitative estimate of drug-likeness (QED) is 0.315. The van der Waals surface area contributed by atoms with Crippen molar-refractivity contribution < 1.29 is 19.1 Å². The predicted octanol–water partition coefficient (Wildman–Crippen LogP) is 4.48. The molecular formula is C21H39NO4. The first-order chi connectivity index (χ1) is 12.7. The van der Waals surface area contributed by atoms with Crippen molar-refractivity contribution in [2.24, 2.45) is 0 Å². The first-order valence-corrected chi connectivity index (χ1v) is 10.7. The van der Waals surface area contributed by atoms with Gasteiger partial charge in [0.15, 0.2) is 0 Å². The fraction of sp³-hybridized carbons (Fsp3) is 0.905. The smallest absolute Gasteiger partial charge is 0.320 e. The molecule has 0 aromatic rings. The second-order valence-electron chi connectivity index (χ2n) is 7.42. The molecule has 0 N–H and O–H groups in total. The summed E-state index contributed by atoms with van der Waals surface area (Å²) in [4.78, 5) is 24.9. The fourth-order valence-corrected chi connectivity index (χ4v) is 3.42. The zero-order valence-corrected chi connectivity index (χ0v) is 16.8. The third kappa shape index (κ3) is 13.2. The van der Waals surface area contributed by atoms with Crippen molar-refractivity contribution in [2.45, 2.75) is 89.9 Å². The van der Waals surface area contributed by atoms with Gasteiger partial charge in [-0.15, -0.1) is 0 Å². The van der Waals surface area contributed by atoms with Crippen molar-refractivity contribution in [2.75, 3.05) is 33.4 Å². The molecule has 0 aromatic heterocycles. The Hall–Kier alpha value is -1.10. The normalized spacial score (nSPS) is 15.0. The van der Waals surface area contributed by atoms with Gasteiger partial charge >= 0.3 is 11.9 Å². The summed E-state index contributed by atoms with van der Waals surface area (Å²) in [5.74, 6) is -0.152. The predicted molar refractivity (Wildman–Crippen MR) is 104 cm³/mol. The zero-order chi connectivity index (χ0) is 18.9. The van der Waals surface area contributed by atoms with E-state index in [2.05, 4.69) is 9.64 Å². The van der Waals surface area contributed by atoms with Gasteiger partial charge in [0.25, 0.3) is 0 Å². The summed E-state index contributed by atoms with van der Waals surface area (Å²) >= 11 is 0. The van der Waals surface area contributed by atoms with Crippen LogP contribution in [0.2, 0.25) is 0 Å². The van der Waals surface area contributed by atoms with Crippen LogP contribution in [0.15, 0.2) is 0 Å². The Labute approximate surface area is 159 Å². The molecule has 5 heteroatoms. The van der Waals surface area contributed by atoms with E-state index in [0.29, 0.717) is 19.6 Å². The van der Waals surface area contributed by atoms with Crippen LogP contribution >= 0.6 is 0 Å². The molecule has 0 saturated carbocycles. The van der Waals surface area contributed by atoms with Crippen molar-refractivity contribution in [3.63, 3.8) is 0 Å². The first-order valence-electron chi connectivity index (χ1n) is 10.7. The molecular weight excluding hydrogens is 330 g/mol. The monoisotopic (exact) mass is 369 g/mol. The maximum Gasteiger partial charge on any atom is 0.320 e. The van der Waals surface area contributed by atoms with Crippen molar-refractivity contribution in [1.29, 1.82) is 0 Å². The van der Waals surface area contributed by atoms with Crippen molar-refractivity contribution >= 4 is 11.9 Å². The zero-order valence-electron chi connectivity index (χ0n) is 16.8. The fourth-order valence-electron chi connectivity index (χ4n) is 3.42. The number of unbranched alkanes of at least 4 members (excludes halogenated alkanes) is 9. The molecule has 5 nitrogen and oxygen atoms in total. The summed E-state index contributed by atoms with van der Waals surface area (Å²) < 4.78 is 9.97. The number of ether oxygens (including phenoxy) is 2. The van der Waals surface area contributed by atoms with E-state index in [1.54, 1.807) is 0 Å². The maximum absolute atomic E-state index is 11.8. The average molecular weight is 370 g/mol. The minimum atomic E-state index is -0.0952. The number of hydrogen-bond acceptors (Lipinski definition) is 5. The van der Waals surface area contributed by atoms with Crippen LogP contribution in [0.1, 0.15) is 89.9 Å². The number of hydrogen-bond donors (Lipinski definition) is 0. The van der Waals surface area contributed by atoms with Crippen LogP contribution in [-0.2, 0) is 19.1 Å². The highest BCUT2D eigenvalue weighted by molar-refractivity contribution is 5.71. The number of nitrogens with zero attached hydrogens (tertiary/aromatic N) is 1. The van der Waals surface area contributed by atoms with Gasteiger partial charge in [-0.05, 0) is 38.8 Å². The van der Waals surface area contributed by atoms with Gasteiger partial charge in [-0.1, -0.05) is 57.8 Å². The van der Waals surface area contributed by atoms with Crippen LogP contribution in [0.5, 0.6) is 0 Å². The van der Waals surface area contributed by atoms with E-state index in [1.807, 2.05) is 0 Å². The Morgan fingerprint density at radius 1 is 0.731 bits per heavy atom. The van der Waals surface area contributed by atoms with Gasteiger partial charge in [-0.25, -0.2) is 0 Å². The number of rotatable bonds is 15. The van der Waals surface area contributed by atoms with E-state index in [4.69, 9.17) is 4.74 Å². The standard InChI is InChI=1S/C21H39NO4/c1-25-20(23)15-11-8-6-4-2-3-5-7-9-14-18-26-21(24)19-22-16-12-10-13-17-22/h2-19H2,1H3. The van der Waals surface area contributed by atoms with Gasteiger partial charge in [0.2, 0.25) is 0 Å². The second-order valence-corrected chi connectivity index (χ2v) is 7.42. The topological polar surface area (TPSA) is 55.8 Å². The van der Waals surface area contributed by atoms with E-state index in [9.17, 15) is 9.59 Å². The highest BCUT2D eigenvalue weighted by atomic mass is 16.5. The molecule has 1 aliphatic rings. The summed E-state index contributed by atoms with van der Waals surface area (Å²) in [7, 11) is 1.45. The van der Waals surface area contributed by atoms with Gasteiger partial charge in [0, 0.05) is 6.42 Å². The lowest BCUT2D eigenvalue weighted by atomic mass is 10.1. The molecule has 1 heterocycles. The van der Waals surface area contributed by atoms with Gasteiger partial charge in [-0.3, -0.25) is 14.5 Å². The summed E-state index contributed by atoms with van der Waals surface area (Å²) in [6, 6.07) is 0. The molecule has 0 spiro atoms. The first kappa shape index (κ1) is 22.9. The lowest BCUT2D eigenvalue weighted by Gasteiger charge is -2.25. The van der Waals surface area contributed by atoms with Crippen LogP contribution < -0.4 is 0 Å². The van der Waals surface area contributed by atoms with Crippen molar-refractivity contribution in [3.05, 3.63) is 0 Å². The average Bonchev–Trinajstić information content (AvgIpc) is 2.66. The Morgan fingerprint density at radius 2 is 1.27 bits per heavy atom. The van der Waals surface area contributed by atoms with E-state index in [-0.39, 0.29) is 11.9 Å². The lowest BCUT2D eigenvalue weighted by molar-refractivity contribution is -0.145. The number of carbonyl (C=O) groups excluding carboxylic acids is 2. The van der Waals surface area contributed by atoms with Crippen molar-refractivity contribution in [1.82, 2.24) is 4.90 Å². The number of carbonyl (C=O) groups is 2. The van der Waals surface area contributed by atoms with Crippen LogP contribution in [0.25, 0.3) is 0 Å². The van der Waals surface area contributed by atoms with Crippen LogP contribution in [-0.4, -0.2) is 50.2 Å². The van der Waals surface area contributed by atoms with E-state index in [0.717, 1.165) is 38.8 Å². The van der Waals surface area contributed by atoms with Gasteiger partial charge in [0.05, 0.1) is 20.3 Å². The summed E-state index contributed by atoms with van der Waals surface area (Å²) in [5.41, 5.74) is 0. The van der Waals surface area contributed by atoms with Gasteiger partial charge in [0.1, 0.15) is 0 Å². The number of likely N-dealkylation sites (tertiary alicyclic amines) is 1. The molecule has 0 unspecified atom stereocenters. The highest BCUT2D eigenvalue weighted by Crippen LogP contribution is 2.12. The molecule has 0 aromatic carbocycles. The van der Waals surface area contributed by atoms with Gasteiger partial charge < -0.3 is 9.47 Å². The molecule has 1 aliphatic heterocycles. The lowest BCUT2D eigenvalue weighted by Crippen LogP contribution is -2.35. The Bertz CT molecular complexity index is 367. The SMILES string of the molecule is COC(=O)CCCCCCCCCCCCOC(=O)CN1CCCCC1. The second kappa shape index (κ2) is 16.1. The minimum absolute atomic E-state index is 0.0564. The number of piperidine rings is 1. The van der Waals surface area contributed by atoms with E-state index >= 15 is 0 Å². The molecule has 1 rings (SSSR count). The third-order valence-corrected chi connectivity index (χ3v) is 5.07. The van der Waals surface area contributed by atoms with Gasteiger partial charge in [-0.2, -0.15) is 0 Å². The molecule has 0 aliphatic carbocycles. The molecule has 1 fully saturated rings. The number of methoxy groups -OCH3 is 1.